The van der Waals surface area contributed by atoms with E-state index < -0.39 is 8.32 Å². The lowest BCUT2D eigenvalue weighted by molar-refractivity contribution is -0.127. The first-order valence-electron chi connectivity index (χ1n) is 13.2. The van der Waals surface area contributed by atoms with Crippen LogP contribution in [0.2, 0.25) is 19.6 Å². The Labute approximate surface area is 187 Å². The van der Waals surface area contributed by atoms with Crippen LogP contribution in [0, 0.1) is 46.3 Å². The summed E-state index contributed by atoms with van der Waals surface area (Å²) in [4.78, 5) is 10.9. The van der Waals surface area contributed by atoms with Crippen LogP contribution in [0.3, 0.4) is 0 Å². The summed E-state index contributed by atoms with van der Waals surface area (Å²) in [5.74, 6) is 5.29. The molecule has 0 N–H and O–H groups in total. The largest absolute Gasteiger partial charge is 0.415 e. The normalized spacial score (nSPS) is 47.1. The average molecular weight is 433 g/mol. The van der Waals surface area contributed by atoms with Gasteiger partial charge >= 0.3 is 0 Å². The molecule has 0 amide bonds. The standard InChI is InChI=1S/C27H48O2Si/c1-19(8-7-17-28)23-11-12-24-22-10-9-20-18-21(29-30(4,5)6)13-15-26(20,2)25(22)14-16-27(23,24)3/h17,19-25H,7-16,18H2,1-6H3/t19-,20-,21-,22+,23-,24+,25+,26+,27-/m1/s1. The lowest BCUT2D eigenvalue weighted by Crippen LogP contribution is -2.54. The van der Waals surface area contributed by atoms with Crippen LogP contribution in [0.25, 0.3) is 0 Å². The minimum absolute atomic E-state index is 0.533. The van der Waals surface area contributed by atoms with E-state index in [0.717, 1.165) is 48.7 Å². The number of carbonyl (C=O) groups excluding carboxylic acids is 1. The minimum Gasteiger partial charge on any atom is -0.415 e. The van der Waals surface area contributed by atoms with Crippen LogP contribution >= 0.6 is 0 Å². The molecule has 0 spiro atoms. The van der Waals surface area contributed by atoms with E-state index >= 15 is 0 Å². The fourth-order valence-corrected chi connectivity index (χ4v) is 10.5. The van der Waals surface area contributed by atoms with Crippen molar-refractivity contribution in [3.8, 4) is 0 Å². The molecule has 9 atom stereocenters. The predicted octanol–water partition coefficient (Wildman–Crippen LogP) is 7.48. The smallest absolute Gasteiger partial charge is 0.184 e. The molecule has 4 aliphatic carbocycles. The second kappa shape index (κ2) is 8.32. The summed E-state index contributed by atoms with van der Waals surface area (Å²) in [7, 11) is -1.44. The van der Waals surface area contributed by atoms with Crippen molar-refractivity contribution >= 4 is 14.6 Å². The molecule has 0 aromatic heterocycles. The molecule has 0 radical (unpaired) electrons. The summed E-state index contributed by atoms with van der Waals surface area (Å²) in [6.07, 6.45) is 16.2. The maximum atomic E-state index is 10.9. The first-order chi connectivity index (χ1) is 14.1. The number of hydrogen-bond donors (Lipinski definition) is 0. The lowest BCUT2D eigenvalue weighted by atomic mass is 9.44. The van der Waals surface area contributed by atoms with E-state index in [1.165, 1.54) is 57.8 Å². The van der Waals surface area contributed by atoms with Gasteiger partial charge in [-0.1, -0.05) is 20.8 Å². The zero-order chi connectivity index (χ0) is 21.7. The Hall–Kier alpha value is -0.153. The van der Waals surface area contributed by atoms with E-state index in [1.807, 2.05) is 0 Å². The zero-order valence-electron chi connectivity index (χ0n) is 20.7. The monoisotopic (exact) mass is 432 g/mol. The van der Waals surface area contributed by atoms with E-state index in [2.05, 4.69) is 40.4 Å². The van der Waals surface area contributed by atoms with Crippen LogP contribution in [-0.2, 0) is 9.22 Å². The van der Waals surface area contributed by atoms with Crippen LogP contribution in [0.5, 0.6) is 0 Å². The van der Waals surface area contributed by atoms with Crippen LogP contribution in [0.15, 0.2) is 0 Å². The Morgan fingerprint density at radius 3 is 2.37 bits per heavy atom. The van der Waals surface area contributed by atoms with Crippen LogP contribution < -0.4 is 0 Å². The second-order valence-corrected chi connectivity index (χ2v) is 17.7. The maximum absolute atomic E-state index is 10.9. The van der Waals surface area contributed by atoms with Gasteiger partial charge in [-0.15, -0.1) is 0 Å². The van der Waals surface area contributed by atoms with E-state index in [1.54, 1.807) is 0 Å². The third-order valence-corrected chi connectivity index (χ3v) is 11.7. The van der Waals surface area contributed by atoms with Gasteiger partial charge in [-0.2, -0.15) is 0 Å². The van der Waals surface area contributed by atoms with Gasteiger partial charge in [-0.25, -0.2) is 0 Å². The van der Waals surface area contributed by atoms with Crippen molar-refractivity contribution < 1.29 is 9.22 Å². The third kappa shape index (κ3) is 4.00. The summed E-state index contributed by atoms with van der Waals surface area (Å²) < 4.78 is 6.58. The van der Waals surface area contributed by atoms with Gasteiger partial charge in [0.1, 0.15) is 6.29 Å². The van der Waals surface area contributed by atoms with Crippen molar-refractivity contribution in [3.63, 3.8) is 0 Å². The molecule has 0 aliphatic heterocycles. The Morgan fingerprint density at radius 2 is 1.67 bits per heavy atom. The molecule has 4 aliphatic rings. The van der Waals surface area contributed by atoms with Gasteiger partial charge < -0.3 is 9.22 Å². The molecule has 172 valence electrons. The van der Waals surface area contributed by atoms with Crippen molar-refractivity contribution in [1.29, 1.82) is 0 Å². The Bertz CT molecular complexity index is 627. The number of carbonyl (C=O) groups is 1. The maximum Gasteiger partial charge on any atom is 0.184 e. The summed E-state index contributed by atoms with van der Waals surface area (Å²) in [6.45, 7) is 14.8. The van der Waals surface area contributed by atoms with Crippen molar-refractivity contribution in [2.45, 2.75) is 117 Å². The van der Waals surface area contributed by atoms with E-state index in [-0.39, 0.29) is 0 Å². The van der Waals surface area contributed by atoms with Gasteiger partial charge in [-0.3, -0.25) is 0 Å². The van der Waals surface area contributed by atoms with Gasteiger partial charge in [0.2, 0.25) is 0 Å². The summed E-state index contributed by atoms with van der Waals surface area (Å²) in [5.41, 5.74) is 1.09. The minimum atomic E-state index is -1.44. The number of aldehydes is 1. The lowest BCUT2D eigenvalue weighted by Gasteiger charge is -2.61. The van der Waals surface area contributed by atoms with Crippen molar-refractivity contribution in [2.24, 2.45) is 46.3 Å². The molecular formula is C27H48O2Si. The number of hydrogen-bond acceptors (Lipinski definition) is 2. The molecule has 2 nitrogen and oxygen atoms in total. The van der Waals surface area contributed by atoms with Crippen molar-refractivity contribution in [2.75, 3.05) is 0 Å². The molecule has 3 heteroatoms. The Morgan fingerprint density at radius 1 is 0.967 bits per heavy atom. The Balaban J connectivity index is 1.47. The molecule has 0 aromatic rings. The molecule has 0 bridgehead atoms. The quantitative estimate of drug-likeness (QED) is 0.321. The van der Waals surface area contributed by atoms with Crippen LogP contribution in [0.1, 0.15) is 91.4 Å². The fourth-order valence-electron chi connectivity index (χ4n) is 9.33. The molecular weight excluding hydrogens is 384 g/mol. The van der Waals surface area contributed by atoms with E-state index in [0.29, 0.717) is 22.9 Å². The zero-order valence-corrected chi connectivity index (χ0v) is 21.7. The summed E-state index contributed by atoms with van der Waals surface area (Å²) >= 11 is 0. The van der Waals surface area contributed by atoms with Crippen molar-refractivity contribution in [1.82, 2.24) is 0 Å². The third-order valence-electron chi connectivity index (χ3n) is 10.6. The highest BCUT2D eigenvalue weighted by molar-refractivity contribution is 6.69. The van der Waals surface area contributed by atoms with Crippen LogP contribution in [-0.4, -0.2) is 20.7 Å². The van der Waals surface area contributed by atoms with Gasteiger partial charge in [0, 0.05) is 12.5 Å². The topological polar surface area (TPSA) is 26.3 Å². The first kappa shape index (κ1) is 23.0. The van der Waals surface area contributed by atoms with E-state index in [9.17, 15) is 4.79 Å². The van der Waals surface area contributed by atoms with Gasteiger partial charge in [-0.05, 0) is 130 Å². The first-order valence-corrected chi connectivity index (χ1v) is 16.6. The van der Waals surface area contributed by atoms with Gasteiger partial charge in [0.05, 0.1) is 0 Å². The SMILES string of the molecule is C[C@H](CCC=O)[C@H]1CC[C@H]2[C@@H]3CC[C@@H]4C[C@H](O[Si](C)(C)C)CC[C@]4(C)[C@H]3CC[C@]12C. The fraction of sp³-hybridized carbons (Fsp3) is 0.963. The highest BCUT2D eigenvalue weighted by Crippen LogP contribution is 2.68. The molecule has 0 unspecified atom stereocenters. The molecule has 4 fully saturated rings. The molecule has 4 rings (SSSR count). The van der Waals surface area contributed by atoms with Crippen molar-refractivity contribution in [3.05, 3.63) is 0 Å². The molecule has 0 heterocycles. The molecule has 30 heavy (non-hydrogen) atoms. The predicted molar refractivity (Wildman–Crippen MR) is 128 cm³/mol. The molecule has 0 aromatic carbocycles. The van der Waals surface area contributed by atoms with Gasteiger partial charge in [0.15, 0.2) is 8.32 Å². The molecule has 4 saturated carbocycles. The summed E-state index contributed by atoms with van der Waals surface area (Å²) in [6, 6.07) is 0. The number of fused-ring (bicyclic) bond motifs is 5. The highest BCUT2D eigenvalue weighted by atomic mass is 28.4. The Kier molecular flexibility index (Phi) is 6.39. The van der Waals surface area contributed by atoms with Crippen LogP contribution in [0.4, 0.5) is 0 Å². The average Bonchev–Trinajstić information content (AvgIpc) is 3.02. The highest BCUT2D eigenvalue weighted by Gasteiger charge is 2.60. The van der Waals surface area contributed by atoms with E-state index in [4.69, 9.17) is 4.43 Å². The number of rotatable bonds is 6. The summed E-state index contributed by atoms with van der Waals surface area (Å²) in [5, 5.41) is 0. The van der Waals surface area contributed by atoms with Gasteiger partial charge in [0.25, 0.3) is 0 Å². The second-order valence-electron chi connectivity index (χ2n) is 13.2. The molecule has 0 saturated heterocycles.